The first-order valence-corrected chi connectivity index (χ1v) is 13.5. The Hall–Kier alpha value is -3.77. The molecule has 0 fully saturated rings. The Morgan fingerprint density at radius 2 is 2.13 bits per heavy atom. The normalized spacial score (nSPS) is 17.2. The number of nitrogen functional groups attached to an aromatic ring is 1. The summed E-state index contributed by atoms with van der Waals surface area (Å²) in [4.78, 5) is 5.14. The maximum absolute atomic E-state index is 7.66. The fourth-order valence-corrected chi connectivity index (χ4v) is 4.94. The van der Waals surface area contributed by atoms with Crippen molar-refractivity contribution in [2.45, 2.75) is 52.0 Å². The van der Waals surface area contributed by atoms with Crippen LogP contribution in [0.2, 0.25) is 5.02 Å². The first kappa shape index (κ1) is 27.3. The molecular formula is C31H36ClN5O. The third-order valence-corrected chi connectivity index (χ3v) is 7.13. The number of halogens is 1. The maximum atomic E-state index is 7.66. The van der Waals surface area contributed by atoms with Gasteiger partial charge >= 0.3 is 0 Å². The van der Waals surface area contributed by atoms with Crippen molar-refractivity contribution in [3.63, 3.8) is 0 Å². The van der Waals surface area contributed by atoms with Crippen LogP contribution in [-0.2, 0) is 11.2 Å². The van der Waals surface area contributed by atoms with Crippen LogP contribution in [0.1, 0.15) is 67.8 Å². The molecule has 0 bridgehead atoms. The van der Waals surface area contributed by atoms with Crippen LogP contribution in [0.5, 0.6) is 0 Å². The number of amidine groups is 1. The fraction of sp³-hybridized carbons (Fsp3) is 0.290. The number of nitrogens with one attached hydrogen (secondary N) is 3. The lowest BCUT2D eigenvalue weighted by atomic mass is 9.94. The largest absolute Gasteiger partial charge is 0.499 e. The lowest BCUT2D eigenvalue weighted by Crippen LogP contribution is -2.15. The van der Waals surface area contributed by atoms with E-state index in [-0.39, 0.29) is 6.04 Å². The molecule has 2 aromatic carbocycles. The van der Waals surface area contributed by atoms with E-state index in [0.29, 0.717) is 28.6 Å². The van der Waals surface area contributed by atoms with Gasteiger partial charge in [-0.2, -0.15) is 0 Å². The fourth-order valence-electron chi connectivity index (χ4n) is 4.67. The van der Waals surface area contributed by atoms with E-state index in [0.717, 1.165) is 60.5 Å². The van der Waals surface area contributed by atoms with Crippen LogP contribution in [0.15, 0.2) is 77.7 Å². The monoisotopic (exact) mass is 529 g/mol. The SMILES string of the molecule is C=C(NC1=COCCC=C1)c1ccc(C2CCC=C(C)C(Nc3ccc(N)c(C=N)c3Cl)=N2)cc1CCC. The Balaban J connectivity index is 1.62. The van der Waals surface area contributed by atoms with Gasteiger partial charge in [-0.05, 0) is 67.5 Å². The molecule has 4 rings (SSSR count). The van der Waals surface area contributed by atoms with Gasteiger partial charge in [-0.15, -0.1) is 0 Å². The van der Waals surface area contributed by atoms with E-state index in [2.05, 4.69) is 61.4 Å². The van der Waals surface area contributed by atoms with Gasteiger partial charge in [-0.25, -0.2) is 0 Å². The summed E-state index contributed by atoms with van der Waals surface area (Å²) >= 11 is 6.56. The number of hydrogen-bond acceptors (Lipinski definition) is 6. The Labute approximate surface area is 230 Å². The predicted octanol–water partition coefficient (Wildman–Crippen LogP) is 7.54. The third kappa shape index (κ3) is 6.37. The van der Waals surface area contributed by atoms with Crippen molar-refractivity contribution in [1.82, 2.24) is 5.32 Å². The molecule has 2 aromatic rings. The molecule has 2 heterocycles. The molecule has 0 radical (unpaired) electrons. The number of allylic oxidation sites excluding steroid dienone is 2. The quantitative estimate of drug-likeness (QED) is 0.210. The highest BCUT2D eigenvalue weighted by Crippen LogP contribution is 2.33. The topological polar surface area (TPSA) is 95.5 Å². The lowest BCUT2D eigenvalue weighted by molar-refractivity contribution is 0.255. The van der Waals surface area contributed by atoms with Crippen LogP contribution in [-0.4, -0.2) is 18.7 Å². The van der Waals surface area contributed by atoms with Gasteiger partial charge in [-0.1, -0.05) is 61.9 Å². The number of ether oxygens (including phenoxy) is 1. The van der Waals surface area contributed by atoms with Gasteiger partial charge in [0.2, 0.25) is 0 Å². The van der Waals surface area contributed by atoms with E-state index in [1.807, 2.05) is 12.1 Å². The average molecular weight is 530 g/mol. The minimum atomic E-state index is -0.00672. The molecule has 0 amide bonds. The minimum absolute atomic E-state index is 0.00672. The molecule has 198 valence electrons. The Bertz CT molecular complexity index is 1340. The molecular weight excluding hydrogens is 494 g/mol. The van der Waals surface area contributed by atoms with Gasteiger partial charge in [0, 0.05) is 28.7 Å². The highest BCUT2D eigenvalue weighted by atomic mass is 35.5. The van der Waals surface area contributed by atoms with Crippen molar-refractivity contribution in [2.24, 2.45) is 4.99 Å². The average Bonchev–Trinajstić information content (AvgIpc) is 3.27. The maximum Gasteiger partial charge on any atom is 0.128 e. The van der Waals surface area contributed by atoms with Crippen molar-refractivity contribution >= 4 is 40.7 Å². The molecule has 1 unspecified atom stereocenters. The summed E-state index contributed by atoms with van der Waals surface area (Å²) in [5.41, 5.74) is 14.0. The van der Waals surface area contributed by atoms with Crippen molar-refractivity contribution in [3.8, 4) is 0 Å². The Morgan fingerprint density at radius 3 is 2.92 bits per heavy atom. The van der Waals surface area contributed by atoms with Crippen LogP contribution < -0.4 is 16.4 Å². The molecule has 0 aliphatic carbocycles. The number of anilines is 2. The molecule has 0 saturated carbocycles. The number of aliphatic imine (C=N–C) groups is 1. The summed E-state index contributed by atoms with van der Waals surface area (Å²) in [5, 5.41) is 14.9. The molecule has 2 aliphatic heterocycles. The van der Waals surface area contributed by atoms with Crippen LogP contribution in [0, 0.1) is 5.41 Å². The van der Waals surface area contributed by atoms with Crippen LogP contribution in [0.25, 0.3) is 5.70 Å². The van der Waals surface area contributed by atoms with E-state index < -0.39 is 0 Å². The van der Waals surface area contributed by atoms with Crippen molar-refractivity contribution < 1.29 is 4.74 Å². The summed E-state index contributed by atoms with van der Waals surface area (Å²) in [7, 11) is 0. The summed E-state index contributed by atoms with van der Waals surface area (Å²) in [6, 6.07) is 10.2. The van der Waals surface area contributed by atoms with Gasteiger partial charge < -0.3 is 26.5 Å². The number of benzene rings is 2. The molecule has 7 heteroatoms. The molecule has 0 aromatic heterocycles. The number of aryl methyl sites for hydroxylation is 1. The van der Waals surface area contributed by atoms with Crippen molar-refractivity contribution in [2.75, 3.05) is 17.7 Å². The smallest absolute Gasteiger partial charge is 0.128 e. The molecule has 0 spiro atoms. The highest BCUT2D eigenvalue weighted by molar-refractivity contribution is 6.37. The summed E-state index contributed by atoms with van der Waals surface area (Å²) in [5.74, 6) is 0.773. The zero-order valence-corrected chi connectivity index (χ0v) is 22.9. The Morgan fingerprint density at radius 1 is 1.29 bits per heavy atom. The first-order valence-electron chi connectivity index (χ1n) is 13.1. The summed E-state index contributed by atoms with van der Waals surface area (Å²) in [6.45, 7) is 9.25. The van der Waals surface area contributed by atoms with Gasteiger partial charge in [0.15, 0.2) is 0 Å². The van der Waals surface area contributed by atoms with E-state index in [1.54, 1.807) is 12.3 Å². The van der Waals surface area contributed by atoms with E-state index >= 15 is 0 Å². The molecule has 2 aliphatic rings. The molecule has 0 saturated heterocycles. The second-order valence-electron chi connectivity index (χ2n) is 9.56. The molecule has 1 atom stereocenters. The minimum Gasteiger partial charge on any atom is -0.499 e. The van der Waals surface area contributed by atoms with Gasteiger partial charge in [-0.3, -0.25) is 4.99 Å². The summed E-state index contributed by atoms with van der Waals surface area (Å²) in [6.07, 6.45) is 14.0. The zero-order chi connectivity index (χ0) is 27.1. The van der Waals surface area contributed by atoms with Crippen molar-refractivity contribution in [3.05, 3.63) is 99.9 Å². The predicted molar refractivity (Wildman–Crippen MR) is 161 cm³/mol. The lowest BCUT2D eigenvalue weighted by Gasteiger charge is -2.19. The molecule has 38 heavy (non-hydrogen) atoms. The molecule has 5 N–H and O–H groups in total. The number of nitrogens with two attached hydrogens (primary N) is 1. The second kappa shape index (κ2) is 12.7. The van der Waals surface area contributed by atoms with E-state index in [4.69, 9.17) is 32.5 Å². The Kier molecular flexibility index (Phi) is 9.08. The standard InChI is InChI=1S/C31H36ClN5O/c1-4-8-22-17-23(12-13-25(22)21(3)35-24-10-5-6-16-38-19-24)28-11-7-9-20(2)31(36-28)37-29-15-14-27(34)26(18-33)30(29)32/h5,9-10,12-15,17-19,28,33,35H,3-4,6-8,11,16,34H2,1-2H3,(H,36,37). The molecule has 6 nitrogen and oxygen atoms in total. The highest BCUT2D eigenvalue weighted by Gasteiger charge is 2.19. The number of rotatable bonds is 8. The van der Waals surface area contributed by atoms with Crippen LogP contribution in [0.3, 0.4) is 0 Å². The number of hydrogen-bond donors (Lipinski definition) is 4. The van der Waals surface area contributed by atoms with Gasteiger partial charge in [0.1, 0.15) is 12.1 Å². The van der Waals surface area contributed by atoms with E-state index in [1.165, 1.54) is 17.3 Å². The van der Waals surface area contributed by atoms with Gasteiger partial charge in [0.05, 0.1) is 29.1 Å². The second-order valence-corrected chi connectivity index (χ2v) is 9.94. The number of nitrogens with zero attached hydrogens (tertiary/aromatic N) is 1. The third-order valence-electron chi connectivity index (χ3n) is 6.72. The van der Waals surface area contributed by atoms with Crippen LogP contribution in [0.4, 0.5) is 11.4 Å². The van der Waals surface area contributed by atoms with Crippen LogP contribution >= 0.6 is 11.6 Å². The van der Waals surface area contributed by atoms with E-state index in [9.17, 15) is 0 Å². The first-order chi connectivity index (χ1) is 18.4. The summed E-state index contributed by atoms with van der Waals surface area (Å²) < 4.78 is 5.54. The van der Waals surface area contributed by atoms with Gasteiger partial charge in [0.25, 0.3) is 0 Å². The zero-order valence-electron chi connectivity index (χ0n) is 22.1. The van der Waals surface area contributed by atoms with Crippen molar-refractivity contribution in [1.29, 1.82) is 5.41 Å².